The van der Waals surface area contributed by atoms with E-state index in [-0.39, 0.29) is 11.4 Å². The second kappa shape index (κ2) is 6.37. The van der Waals surface area contributed by atoms with Gasteiger partial charge in [0.1, 0.15) is 17.6 Å². The Labute approximate surface area is 124 Å². The van der Waals surface area contributed by atoms with Crippen LogP contribution in [-0.4, -0.2) is 11.3 Å². The molecule has 2 aromatic carbocycles. The maximum Gasteiger partial charge on any atom is 0.147 e. The highest BCUT2D eigenvalue weighted by molar-refractivity contribution is 7.84. The highest BCUT2D eigenvalue weighted by atomic mass is 32.2. The van der Waals surface area contributed by atoms with Crippen molar-refractivity contribution in [3.05, 3.63) is 53.3 Å². The van der Waals surface area contributed by atoms with Crippen molar-refractivity contribution in [1.82, 2.24) is 0 Å². The van der Waals surface area contributed by atoms with Gasteiger partial charge in [0.05, 0.1) is 34.9 Å². The normalized spacial score (nSPS) is 11.7. The molecule has 0 aliphatic carbocycles. The Hall–Kier alpha value is -2.39. The Balaban J connectivity index is 2.23. The molecule has 0 amide bonds. The number of nitrogen functional groups attached to an aromatic ring is 1. The van der Waals surface area contributed by atoms with Gasteiger partial charge in [-0.2, -0.15) is 5.26 Å². The van der Waals surface area contributed by atoms with Crippen LogP contribution in [0, 0.1) is 17.1 Å². The largest absolute Gasteiger partial charge is 0.495 e. The van der Waals surface area contributed by atoms with Gasteiger partial charge in [0, 0.05) is 4.90 Å². The average molecular weight is 304 g/mol. The summed E-state index contributed by atoms with van der Waals surface area (Å²) in [6.45, 7) is 0. The maximum atomic E-state index is 13.4. The summed E-state index contributed by atoms with van der Waals surface area (Å²) in [5.41, 5.74) is 6.49. The highest BCUT2D eigenvalue weighted by Crippen LogP contribution is 2.22. The van der Waals surface area contributed by atoms with Crippen LogP contribution >= 0.6 is 0 Å². The van der Waals surface area contributed by atoms with Crippen molar-refractivity contribution in [3.8, 4) is 11.8 Å². The molecule has 2 aromatic rings. The Morgan fingerprint density at radius 1 is 1.33 bits per heavy atom. The van der Waals surface area contributed by atoms with E-state index in [2.05, 4.69) is 0 Å². The van der Waals surface area contributed by atoms with Gasteiger partial charge in [0.25, 0.3) is 0 Å². The Morgan fingerprint density at radius 3 is 2.71 bits per heavy atom. The van der Waals surface area contributed by atoms with Gasteiger partial charge >= 0.3 is 0 Å². The number of ether oxygens (including phenoxy) is 1. The number of methoxy groups -OCH3 is 1. The predicted molar refractivity (Wildman–Crippen MR) is 78.6 cm³/mol. The van der Waals surface area contributed by atoms with E-state index in [1.165, 1.54) is 25.3 Å². The van der Waals surface area contributed by atoms with E-state index in [0.717, 1.165) is 0 Å². The monoisotopic (exact) mass is 304 g/mol. The lowest BCUT2D eigenvalue weighted by molar-refractivity contribution is 0.413. The van der Waals surface area contributed by atoms with Crippen molar-refractivity contribution in [3.63, 3.8) is 0 Å². The summed E-state index contributed by atoms with van der Waals surface area (Å²) < 4.78 is 30.6. The van der Waals surface area contributed by atoms with Crippen molar-refractivity contribution in [2.45, 2.75) is 10.6 Å². The molecule has 0 saturated heterocycles. The lowest BCUT2D eigenvalue weighted by atomic mass is 10.1. The van der Waals surface area contributed by atoms with Crippen LogP contribution in [-0.2, 0) is 16.6 Å². The SMILES string of the molecule is COc1ccc(CS(=O)c2ccc(N)c(F)c2)cc1C#N. The van der Waals surface area contributed by atoms with Crippen molar-refractivity contribution in [2.24, 2.45) is 0 Å². The molecular weight excluding hydrogens is 291 g/mol. The first-order valence-electron chi connectivity index (χ1n) is 6.05. The standard InChI is InChI=1S/C15H13FN2O2S/c1-20-15-5-2-10(6-11(15)8-17)9-21(19)12-3-4-14(18)13(16)7-12/h2-7H,9,18H2,1H3. The fourth-order valence-electron chi connectivity index (χ4n) is 1.82. The molecule has 0 bridgehead atoms. The summed E-state index contributed by atoms with van der Waals surface area (Å²) in [5.74, 6) is 0.0565. The lowest BCUT2D eigenvalue weighted by Gasteiger charge is -2.07. The van der Waals surface area contributed by atoms with Crippen molar-refractivity contribution in [1.29, 1.82) is 5.26 Å². The zero-order valence-electron chi connectivity index (χ0n) is 11.3. The molecule has 108 valence electrons. The van der Waals surface area contributed by atoms with Gasteiger partial charge in [-0.05, 0) is 35.9 Å². The smallest absolute Gasteiger partial charge is 0.147 e. The summed E-state index contributed by atoms with van der Waals surface area (Å²) in [5, 5.41) is 9.02. The molecule has 0 heterocycles. The Morgan fingerprint density at radius 2 is 2.10 bits per heavy atom. The molecule has 1 atom stereocenters. The van der Waals surface area contributed by atoms with Crippen LogP contribution < -0.4 is 10.5 Å². The molecule has 0 aliphatic rings. The van der Waals surface area contributed by atoms with Crippen LogP contribution in [0.15, 0.2) is 41.3 Å². The van der Waals surface area contributed by atoms with Gasteiger partial charge in [-0.25, -0.2) is 4.39 Å². The molecule has 6 heteroatoms. The molecule has 0 aromatic heterocycles. The van der Waals surface area contributed by atoms with Gasteiger partial charge in [-0.1, -0.05) is 6.07 Å². The quantitative estimate of drug-likeness (QED) is 0.881. The number of nitriles is 1. The molecule has 0 fully saturated rings. The summed E-state index contributed by atoms with van der Waals surface area (Å²) in [6.07, 6.45) is 0. The van der Waals surface area contributed by atoms with Gasteiger partial charge in [0.15, 0.2) is 0 Å². The Kier molecular flexibility index (Phi) is 4.55. The minimum Gasteiger partial charge on any atom is -0.495 e. The second-order valence-corrected chi connectivity index (χ2v) is 5.77. The average Bonchev–Trinajstić information content (AvgIpc) is 2.49. The van der Waals surface area contributed by atoms with Crippen molar-refractivity contribution < 1.29 is 13.3 Å². The molecule has 1 unspecified atom stereocenters. The molecule has 0 aliphatic heterocycles. The van der Waals surface area contributed by atoms with Gasteiger partial charge in [0.2, 0.25) is 0 Å². The first-order chi connectivity index (χ1) is 10.0. The second-order valence-electron chi connectivity index (χ2n) is 4.32. The molecule has 0 saturated carbocycles. The lowest BCUT2D eigenvalue weighted by Crippen LogP contribution is -2.00. The number of hydrogen-bond donors (Lipinski definition) is 1. The van der Waals surface area contributed by atoms with E-state index in [0.29, 0.717) is 21.8 Å². The first kappa shape index (κ1) is 15.0. The molecule has 0 radical (unpaired) electrons. The third-order valence-electron chi connectivity index (χ3n) is 2.92. The molecular formula is C15H13FN2O2S. The third kappa shape index (κ3) is 3.38. The van der Waals surface area contributed by atoms with Gasteiger partial charge in [-0.3, -0.25) is 4.21 Å². The van der Waals surface area contributed by atoms with Gasteiger partial charge in [-0.15, -0.1) is 0 Å². The van der Waals surface area contributed by atoms with Crippen molar-refractivity contribution >= 4 is 16.5 Å². The Bertz CT molecular complexity index is 741. The maximum absolute atomic E-state index is 13.4. The summed E-state index contributed by atoms with van der Waals surface area (Å²) in [7, 11) is 0.0598. The predicted octanol–water partition coefficient (Wildman–Crippen LogP) is 2.60. The number of halogens is 1. The highest BCUT2D eigenvalue weighted by Gasteiger charge is 2.10. The number of nitrogens with two attached hydrogens (primary N) is 1. The van der Waals surface area contributed by atoms with Gasteiger partial charge < -0.3 is 10.5 Å². The number of benzene rings is 2. The minimum atomic E-state index is -1.42. The summed E-state index contributed by atoms with van der Waals surface area (Å²) in [4.78, 5) is 0.357. The molecule has 0 spiro atoms. The first-order valence-corrected chi connectivity index (χ1v) is 7.37. The van der Waals surface area contributed by atoms with Crippen LogP contribution in [0.5, 0.6) is 5.75 Å². The number of nitrogens with zero attached hydrogens (tertiary/aromatic N) is 1. The van der Waals surface area contributed by atoms with Crippen LogP contribution in [0.1, 0.15) is 11.1 Å². The topological polar surface area (TPSA) is 76.1 Å². The van der Waals surface area contributed by atoms with E-state index < -0.39 is 16.6 Å². The van der Waals surface area contributed by atoms with E-state index >= 15 is 0 Å². The number of hydrogen-bond acceptors (Lipinski definition) is 4. The van der Waals surface area contributed by atoms with Crippen LogP contribution in [0.25, 0.3) is 0 Å². The van der Waals surface area contributed by atoms with Crippen LogP contribution in [0.3, 0.4) is 0 Å². The summed E-state index contributed by atoms with van der Waals surface area (Å²) in [6, 6.07) is 11.1. The molecule has 2 rings (SSSR count). The van der Waals surface area contributed by atoms with Crippen LogP contribution in [0.4, 0.5) is 10.1 Å². The zero-order valence-corrected chi connectivity index (χ0v) is 12.1. The van der Waals surface area contributed by atoms with E-state index in [4.69, 9.17) is 15.7 Å². The number of anilines is 1. The minimum absolute atomic E-state index is 0.0203. The summed E-state index contributed by atoms with van der Waals surface area (Å²) >= 11 is 0. The van der Waals surface area contributed by atoms with E-state index in [1.54, 1.807) is 18.2 Å². The van der Waals surface area contributed by atoms with E-state index in [9.17, 15) is 8.60 Å². The molecule has 2 N–H and O–H groups in total. The fraction of sp³-hybridized carbons (Fsp3) is 0.133. The number of rotatable bonds is 4. The zero-order chi connectivity index (χ0) is 15.4. The van der Waals surface area contributed by atoms with Crippen molar-refractivity contribution in [2.75, 3.05) is 12.8 Å². The molecule has 4 nitrogen and oxygen atoms in total. The fourth-order valence-corrected chi connectivity index (χ4v) is 2.92. The van der Waals surface area contributed by atoms with Crippen LogP contribution in [0.2, 0.25) is 0 Å². The molecule has 21 heavy (non-hydrogen) atoms. The third-order valence-corrected chi connectivity index (χ3v) is 4.29. The van der Waals surface area contributed by atoms with E-state index in [1.807, 2.05) is 6.07 Å².